The van der Waals surface area contributed by atoms with E-state index in [1.54, 1.807) is 37.7 Å². The number of thiophene rings is 1. The van der Waals surface area contributed by atoms with Crippen LogP contribution in [0.1, 0.15) is 30.3 Å². The van der Waals surface area contributed by atoms with E-state index in [-0.39, 0.29) is 12.2 Å². The normalized spacial score (nSPS) is 15.7. The van der Waals surface area contributed by atoms with Gasteiger partial charge in [-0.15, -0.1) is 11.3 Å². The van der Waals surface area contributed by atoms with Crippen molar-refractivity contribution in [2.24, 2.45) is 4.99 Å². The van der Waals surface area contributed by atoms with Crippen LogP contribution in [0, 0.1) is 0 Å². The molecular formula is C23H20Br2N2O5S2. The molecule has 7 nitrogen and oxygen atoms in total. The Balaban J connectivity index is 2.02. The summed E-state index contributed by atoms with van der Waals surface area (Å²) in [6.07, 6.45) is 1.84. The number of rotatable bonds is 6. The predicted molar refractivity (Wildman–Crippen MR) is 140 cm³/mol. The second-order valence-corrected chi connectivity index (χ2v) is 11.5. The molecule has 2 aromatic heterocycles. The van der Waals surface area contributed by atoms with Crippen LogP contribution in [0.15, 0.2) is 53.6 Å². The highest BCUT2D eigenvalue weighted by Crippen LogP contribution is 2.40. The average molecular weight is 628 g/mol. The highest BCUT2D eigenvalue weighted by atomic mass is 79.9. The fourth-order valence-corrected chi connectivity index (χ4v) is 6.72. The molecule has 3 aromatic rings. The molecule has 1 aliphatic heterocycles. The number of thiazole rings is 1. The molecule has 3 heterocycles. The smallest absolute Gasteiger partial charge is 0.338 e. The van der Waals surface area contributed by atoms with Crippen molar-refractivity contribution >= 4 is 66.6 Å². The fraction of sp³-hybridized carbons (Fsp3) is 0.261. The molecule has 4 rings (SSSR count). The van der Waals surface area contributed by atoms with Crippen molar-refractivity contribution in [3.8, 4) is 11.5 Å². The first-order valence-electron chi connectivity index (χ1n) is 10.2. The second-order valence-electron chi connectivity index (χ2n) is 7.17. The van der Waals surface area contributed by atoms with Crippen LogP contribution in [0.3, 0.4) is 0 Å². The van der Waals surface area contributed by atoms with Crippen LogP contribution in [0.4, 0.5) is 0 Å². The van der Waals surface area contributed by atoms with Crippen molar-refractivity contribution in [1.29, 1.82) is 0 Å². The summed E-state index contributed by atoms with van der Waals surface area (Å²) < 4.78 is 20.0. The standard InChI is InChI=1S/C23H20Br2N2O5S2/c1-5-32-22(29)19-11(2)26-23-27(21(28)17(34-23)8-12-6-7-18(25)33-12)20(19)13-9-15(30-3)16(31-4)10-14(13)24/h6-10,20H,5H2,1-4H3/b17-8+/t20-/m0/s1. The Morgan fingerprint density at radius 1 is 1.18 bits per heavy atom. The number of hydrogen-bond donors (Lipinski definition) is 0. The molecule has 1 atom stereocenters. The van der Waals surface area contributed by atoms with Crippen LogP contribution >= 0.6 is 54.5 Å². The molecule has 0 unspecified atom stereocenters. The highest BCUT2D eigenvalue weighted by Gasteiger charge is 2.35. The predicted octanol–water partition coefficient (Wildman–Crippen LogP) is 4.40. The van der Waals surface area contributed by atoms with Crippen molar-refractivity contribution < 1.29 is 19.0 Å². The van der Waals surface area contributed by atoms with Crippen molar-refractivity contribution in [1.82, 2.24) is 4.57 Å². The van der Waals surface area contributed by atoms with Gasteiger partial charge in [0.1, 0.15) is 0 Å². The SMILES string of the molecule is CCOC(=O)C1=C(C)N=c2s/c(=C/c3ccc(Br)s3)c(=O)n2[C@H]1c1cc(OC)c(OC)cc1Br. The zero-order chi connectivity index (χ0) is 24.6. The number of carbonyl (C=O) groups excluding carboxylic acids is 1. The number of hydrogen-bond acceptors (Lipinski definition) is 8. The average Bonchev–Trinajstić information content (AvgIpc) is 3.35. The summed E-state index contributed by atoms with van der Waals surface area (Å²) in [7, 11) is 3.08. The number of methoxy groups -OCH3 is 2. The molecule has 34 heavy (non-hydrogen) atoms. The molecule has 0 fully saturated rings. The third-order valence-corrected chi connectivity index (χ3v) is 8.42. The number of allylic oxidation sites excluding steroid dienone is 1. The van der Waals surface area contributed by atoms with Gasteiger partial charge in [-0.2, -0.15) is 0 Å². The van der Waals surface area contributed by atoms with Gasteiger partial charge in [0.05, 0.1) is 46.5 Å². The van der Waals surface area contributed by atoms with Crippen molar-refractivity contribution in [3.63, 3.8) is 0 Å². The maximum absolute atomic E-state index is 13.7. The molecule has 0 bridgehead atoms. The van der Waals surface area contributed by atoms with E-state index >= 15 is 0 Å². The number of halogens is 2. The highest BCUT2D eigenvalue weighted by molar-refractivity contribution is 9.11. The number of nitrogens with zero attached hydrogens (tertiary/aromatic N) is 2. The van der Waals surface area contributed by atoms with Crippen LogP contribution in [0.2, 0.25) is 0 Å². The number of ether oxygens (including phenoxy) is 3. The second kappa shape index (κ2) is 10.2. The molecule has 0 saturated carbocycles. The quantitative estimate of drug-likeness (QED) is 0.379. The van der Waals surface area contributed by atoms with Crippen LogP contribution in [-0.2, 0) is 9.53 Å². The van der Waals surface area contributed by atoms with E-state index in [1.165, 1.54) is 29.8 Å². The summed E-state index contributed by atoms with van der Waals surface area (Å²) in [6.45, 7) is 3.69. The minimum absolute atomic E-state index is 0.202. The molecule has 1 aliphatic rings. The number of esters is 1. The van der Waals surface area contributed by atoms with E-state index in [4.69, 9.17) is 14.2 Å². The molecule has 0 saturated heterocycles. The number of fused-ring (bicyclic) bond motifs is 1. The van der Waals surface area contributed by atoms with E-state index in [9.17, 15) is 9.59 Å². The van der Waals surface area contributed by atoms with E-state index < -0.39 is 12.0 Å². The lowest BCUT2D eigenvalue weighted by Crippen LogP contribution is -2.40. The van der Waals surface area contributed by atoms with Gasteiger partial charge in [0, 0.05) is 9.35 Å². The van der Waals surface area contributed by atoms with Gasteiger partial charge in [-0.25, -0.2) is 9.79 Å². The van der Waals surface area contributed by atoms with E-state index in [2.05, 4.69) is 36.9 Å². The fourth-order valence-electron chi connectivity index (χ4n) is 3.70. The van der Waals surface area contributed by atoms with Crippen LogP contribution in [-0.4, -0.2) is 31.4 Å². The number of aromatic nitrogens is 1. The van der Waals surface area contributed by atoms with Crippen LogP contribution in [0.5, 0.6) is 11.5 Å². The molecule has 1 aromatic carbocycles. The molecular weight excluding hydrogens is 608 g/mol. The zero-order valence-electron chi connectivity index (χ0n) is 18.7. The Morgan fingerprint density at radius 2 is 1.88 bits per heavy atom. The van der Waals surface area contributed by atoms with Gasteiger partial charge < -0.3 is 14.2 Å². The minimum Gasteiger partial charge on any atom is -0.493 e. The van der Waals surface area contributed by atoms with E-state index in [0.29, 0.717) is 42.1 Å². The van der Waals surface area contributed by atoms with Crippen LogP contribution < -0.4 is 24.4 Å². The van der Waals surface area contributed by atoms with Crippen molar-refractivity contribution in [3.05, 3.63) is 73.9 Å². The number of benzene rings is 1. The van der Waals surface area contributed by atoms with Gasteiger partial charge in [-0.1, -0.05) is 27.3 Å². The molecule has 0 spiro atoms. The summed E-state index contributed by atoms with van der Waals surface area (Å²) in [6, 6.07) is 6.62. The molecule has 0 radical (unpaired) electrons. The van der Waals surface area contributed by atoms with E-state index in [0.717, 1.165) is 8.66 Å². The minimum atomic E-state index is -0.762. The first-order chi connectivity index (χ1) is 16.3. The number of carbonyl (C=O) groups is 1. The summed E-state index contributed by atoms with van der Waals surface area (Å²) in [4.78, 5) is 32.8. The van der Waals surface area contributed by atoms with Gasteiger partial charge in [0.2, 0.25) is 0 Å². The Kier molecular flexibility index (Phi) is 7.46. The van der Waals surface area contributed by atoms with Crippen molar-refractivity contribution in [2.45, 2.75) is 19.9 Å². The van der Waals surface area contributed by atoms with Gasteiger partial charge in [0.15, 0.2) is 16.3 Å². The molecule has 0 N–H and O–H groups in total. The van der Waals surface area contributed by atoms with Gasteiger partial charge in [-0.05, 0) is 65.7 Å². The van der Waals surface area contributed by atoms with Gasteiger partial charge >= 0.3 is 5.97 Å². The molecule has 178 valence electrons. The molecule has 0 aliphatic carbocycles. The third-order valence-electron chi connectivity index (χ3n) is 5.18. The summed E-state index contributed by atoms with van der Waals surface area (Å²) in [5.41, 5.74) is 1.21. The summed E-state index contributed by atoms with van der Waals surface area (Å²) in [5.74, 6) is 0.475. The maximum atomic E-state index is 13.7. The first kappa shape index (κ1) is 24.9. The first-order valence-corrected chi connectivity index (χ1v) is 13.4. The van der Waals surface area contributed by atoms with Gasteiger partial charge in [-0.3, -0.25) is 9.36 Å². The summed E-state index contributed by atoms with van der Waals surface area (Å²) in [5, 5.41) is 0. The monoisotopic (exact) mass is 626 g/mol. The Labute approximate surface area is 220 Å². The van der Waals surface area contributed by atoms with Gasteiger partial charge in [0.25, 0.3) is 5.56 Å². The van der Waals surface area contributed by atoms with E-state index in [1.807, 2.05) is 18.2 Å². The topological polar surface area (TPSA) is 79.1 Å². The molecule has 0 amide bonds. The Hall–Kier alpha value is -2.21. The Bertz CT molecular complexity index is 1490. The lowest BCUT2D eigenvalue weighted by Gasteiger charge is -2.26. The molecule has 11 heteroatoms. The van der Waals surface area contributed by atoms with Crippen LogP contribution in [0.25, 0.3) is 6.08 Å². The lowest BCUT2D eigenvalue weighted by molar-refractivity contribution is -0.139. The Morgan fingerprint density at radius 3 is 2.50 bits per heavy atom. The third kappa shape index (κ3) is 4.53. The largest absolute Gasteiger partial charge is 0.493 e. The zero-order valence-corrected chi connectivity index (χ0v) is 23.5. The summed E-state index contributed by atoms with van der Waals surface area (Å²) >= 11 is 9.86. The van der Waals surface area contributed by atoms with Crippen molar-refractivity contribution in [2.75, 3.05) is 20.8 Å². The lowest BCUT2D eigenvalue weighted by atomic mass is 9.95. The maximum Gasteiger partial charge on any atom is 0.338 e.